The van der Waals surface area contributed by atoms with Crippen LogP contribution in [0.3, 0.4) is 0 Å². The van der Waals surface area contributed by atoms with Crippen LogP contribution >= 0.6 is 0 Å². The minimum Gasteiger partial charge on any atom is -0.393 e. The summed E-state index contributed by atoms with van der Waals surface area (Å²) < 4.78 is 5.03. The standard InChI is InChI=1S/C20H26N2O4/c1-14-17(13-23)19(21-26-14)20(25)22-11-9-16(10-12-22)18(24)8-7-15-5-3-2-4-6-15/h2-6,16,18,23-24H,7-13H2,1H3. The predicted molar refractivity (Wildman–Crippen MR) is 96.6 cm³/mol. The molecular weight excluding hydrogens is 332 g/mol. The number of likely N-dealkylation sites (tertiary alicyclic amines) is 1. The van der Waals surface area contributed by atoms with Gasteiger partial charge in [-0.25, -0.2) is 0 Å². The molecule has 6 nitrogen and oxygen atoms in total. The van der Waals surface area contributed by atoms with Crippen molar-refractivity contribution >= 4 is 5.91 Å². The second-order valence-electron chi connectivity index (χ2n) is 6.95. The van der Waals surface area contributed by atoms with Gasteiger partial charge in [0.2, 0.25) is 0 Å². The molecule has 2 aromatic rings. The molecule has 0 bridgehead atoms. The average Bonchev–Trinajstić information content (AvgIpc) is 3.07. The smallest absolute Gasteiger partial charge is 0.276 e. The Hall–Kier alpha value is -2.18. The van der Waals surface area contributed by atoms with Crippen molar-refractivity contribution in [1.29, 1.82) is 0 Å². The highest BCUT2D eigenvalue weighted by Gasteiger charge is 2.30. The molecular formula is C20H26N2O4. The summed E-state index contributed by atoms with van der Waals surface area (Å²) in [7, 11) is 0. The van der Waals surface area contributed by atoms with Crippen LogP contribution in [0.25, 0.3) is 0 Å². The Morgan fingerprint density at radius 2 is 2.00 bits per heavy atom. The quantitative estimate of drug-likeness (QED) is 0.827. The van der Waals surface area contributed by atoms with Crippen LogP contribution in [0.1, 0.15) is 46.6 Å². The number of piperidine rings is 1. The second kappa shape index (κ2) is 8.47. The first-order chi connectivity index (χ1) is 12.6. The molecule has 1 aromatic carbocycles. The van der Waals surface area contributed by atoms with Gasteiger partial charge in [0.05, 0.1) is 18.3 Å². The Morgan fingerprint density at radius 1 is 1.31 bits per heavy atom. The molecule has 0 spiro atoms. The lowest BCUT2D eigenvalue weighted by atomic mass is 9.88. The van der Waals surface area contributed by atoms with E-state index in [9.17, 15) is 15.0 Å². The summed E-state index contributed by atoms with van der Waals surface area (Å²) in [5.41, 5.74) is 1.89. The number of amides is 1. The predicted octanol–water partition coefficient (Wildman–Crippen LogP) is 2.32. The van der Waals surface area contributed by atoms with Gasteiger partial charge in [-0.1, -0.05) is 35.5 Å². The summed E-state index contributed by atoms with van der Waals surface area (Å²) >= 11 is 0. The Bertz CT molecular complexity index is 721. The molecule has 1 saturated heterocycles. The lowest BCUT2D eigenvalue weighted by Gasteiger charge is -2.34. The molecule has 1 aliphatic rings. The van der Waals surface area contributed by atoms with Crippen LogP contribution in [0, 0.1) is 12.8 Å². The van der Waals surface area contributed by atoms with Crippen molar-refractivity contribution in [1.82, 2.24) is 10.1 Å². The molecule has 0 radical (unpaired) electrons. The van der Waals surface area contributed by atoms with Gasteiger partial charge in [0, 0.05) is 13.1 Å². The maximum atomic E-state index is 12.6. The first-order valence-electron chi connectivity index (χ1n) is 9.17. The molecule has 6 heteroatoms. The minimum absolute atomic E-state index is 0.202. The summed E-state index contributed by atoms with van der Waals surface area (Å²) in [6.45, 7) is 2.60. The van der Waals surface area contributed by atoms with E-state index in [0.717, 1.165) is 25.7 Å². The van der Waals surface area contributed by atoms with Gasteiger partial charge >= 0.3 is 0 Å². The highest BCUT2D eigenvalue weighted by Crippen LogP contribution is 2.25. The first-order valence-corrected chi connectivity index (χ1v) is 9.17. The monoisotopic (exact) mass is 358 g/mol. The molecule has 3 rings (SSSR count). The zero-order chi connectivity index (χ0) is 18.5. The fourth-order valence-electron chi connectivity index (χ4n) is 3.58. The number of carbonyl (C=O) groups is 1. The Morgan fingerprint density at radius 3 is 2.65 bits per heavy atom. The van der Waals surface area contributed by atoms with Crippen LogP contribution in [-0.4, -0.2) is 45.4 Å². The van der Waals surface area contributed by atoms with Gasteiger partial charge in [-0.2, -0.15) is 0 Å². The fourth-order valence-corrected chi connectivity index (χ4v) is 3.58. The SMILES string of the molecule is Cc1onc(C(=O)N2CCC(C(O)CCc3ccccc3)CC2)c1CO. The van der Waals surface area contributed by atoms with Crippen LogP contribution in [0.2, 0.25) is 0 Å². The van der Waals surface area contributed by atoms with E-state index in [4.69, 9.17) is 4.52 Å². The van der Waals surface area contributed by atoms with Crippen molar-refractivity contribution < 1.29 is 19.5 Å². The number of carbonyl (C=O) groups excluding carboxylic acids is 1. The largest absolute Gasteiger partial charge is 0.393 e. The molecule has 0 aliphatic carbocycles. The first kappa shape index (κ1) is 18.6. The molecule has 26 heavy (non-hydrogen) atoms. The maximum absolute atomic E-state index is 12.6. The highest BCUT2D eigenvalue weighted by atomic mass is 16.5. The Labute approximate surface area is 153 Å². The molecule has 1 fully saturated rings. The second-order valence-corrected chi connectivity index (χ2v) is 6.95. The summed E-state index contributed by atoms with van der Waals surface area (Å²) in [6.07, 6.45) is 2.79. The number of hydrogen-bond acceptors (Lipinski definition) is 5. The number of aliphatic hydroxyl groups excluding tert-OH is 2. The zero-order valence-electron chi connectivity index (χ0n) is 15.1. The number of aromatic nitrogens is 1. The third kappa shape index (κ3) is 4.14. The molecule has 1 amide bonds. The molecule has 1 aliphatic heterocycles. The average molecular weight is 358 g/mol. The maximum Gasteiger partial charge on any atom is 0.276 e. The number of aryl methyl sites for hydroxylation is 2. The Balaban J connectivity index is 1.51. The topological polar surface area (TPSA) is 86.8 Å². The van der Waals surface area contributed by atoms with Gasteiger partial charge in [0.15, 0.2) is 5.69 Å². The summed E-state index contributed by atoms with van der Waals surface area (Å²) in [4.78, 5) is 14.3. The van der Waals surface area contributed by atoms with Crippen molar-refractivity contribution in [3.8, 4) is 0 Å². The lowest BCUT2D eigenvalue weighted by molar-refractivity contribution is 0.0429. The van der Waals surface area contributed by atoms with E-state index in [2.05, 4.69) is 17.3 Å². The third-order valence-corrected chi connectivity index (χ3v) is 5.29. The molecule has 0 saturated carbocycles. The normalized spacial score (nSPS) is 16.7. The van der Waals surface area contributed by atoms with Crippen LogP contribution in [-0.2, 0) is 13.0 Å². The van der Waals surface area contributed by atoms with Gasteiger partial charge in [0.25, 0.3) is 5.91 Å². The van der Waals surface area contributed by atoms with E-state index in [0.29, 0.717) is 24.4 Å². The molecule has 2 heterocycles. The molecule has 2 N–H and O–H groups in total. The van der Waals surface area contributed by atoms with E-state index < -0.39 is 0 Å². The zero-order valence-corrected chi connectivity index (χ0v) is 15.1. The third-order valence-electron chi connectivity index (χ3n) is 5.29. The number of hydrogen-bond donors (Lipinski definition) is 2. The van der Waals surface area contributed by atoms with Crippen molar-refractivity contribution in [2.24, 2.45) is 5.92 Å². The molecule has 140 valence electrons. The van der Waals surface area contributed by atoms with Crippen molar-refractivity contribution in [2.45, 2.75) is 45.3 Å². The van der Waals surface area contributed by atoms with E-state index >= 15 is 0 Å². The van der Waals surface area contributed by atoms with E-state index in [1.807, 2.05) is 18.2 Å². The Kier molecular flexibility index (Phi) is 6.06. The lowest BCUT2D eigenvalue weighted by Crippen LogP contribution is -2.41. The van der Waals surface area contributed by atoms with Crippen LogP contribution in [0.4, 0.5) is 0 Å². The number of aliphatic hydroxyl groups is 2. The van der Waals surface area contributed by atoms with Crippen molar-refractivity contribution in [2.75, 3.05) is 13.1 Å². The van der Waals surface area contributed by atoms with Crippen LogP contribution in [0.5, 0.6) is 0 Å². The van der Waals surface area contributed by atoms with Crippen LogP contribution < -0.4 is 0 Å². The summed E-state index contributed by atoms with van der Waals surface area (Å²) in [6, 6.07) is 10.2. The van der Waals surface area contributed by atoms with E-state index in [-0.39, 0.29) is 30.2 Å². The van der Waals surface area contributed by atoms with Gasteiger partial charge in [0.1, 0.15) is 5.76 Å². The summed E-state index contributed by atoms with van der Waals surface area (Å²) in [5, 5.41) is 23.7. The molecule has 1 unspecified atom stereocenters. The fraction of sp³-hybridized carbons (Fsp3) is 0.500. The van der Waals surface area contributed by atoms with E-state index in [1.165, 1.54) is 5.56 Å². The number of nitrogens with zero attached hydrogens (tertiary/aromatic N) is 2. The minimum atomic E-state index is -0.352. The van der Waals surface area contributed by atoms with Gasteiger partial charge in [-0.15, -0.1) is 0 Å². The number of rotatable bonds is 6. The van der Waals surface area contributed by atoms with Crippen LogP contribution in [0.15, 0.2) is 34.9 Å². The summed E-state index contributed by atoms with van der Waals surface area (Å²) in [5.74, 6) is 0.476. The van der Waals surface area contributed by atoms with Crippen molar-refractivity contribution in [3.05, 3.63) is 52.9 Å². The van der Waals surface area contributed by atoms with E-state index in [1.54, 1.807) is 11.8 Å². The van der Waals surface area contributed by atoms with Crippen molar-refractivity contribution in [3.63, 3.8) is 0 Å². The number of benzene rings is 1. The van der Waals surface area contributed by atoms with Gasteiger partial charge in [-0.05, 0) is 44.1 Å². The molecule has 1 aromatic heterocycles. The van der Waals surface area contributed by atoms with Gasteiger partial charge in [-0.3, -0.25) is 4.79 Å². The van der Waals surface area contributed by atoms with Gasteiger partial charge < -0.3 is 19.6 Å². The molecule has 1 atom stereocenters. The highest BCUT2D eigenvalue weighted by molar-refractivity contribution is 5.93.